The normalized spacial score (nSPS) is 13.0. The van der Waals surface area contributed by atoms with Gasteiger partial charge in [0.2, 0.25) is 0 Å². The third-order valence-corrected chi connectivity index (χ3v) is 4.12. The molecule has 0 saturated carbocycles. The van der Waals surface area contributed by atoms with Crippen LogP contribution in [0, 0.1) is 5.82 Å². The fourth-order valence-corrected chi connectivity index (χ4v) is 2.46. The Balaban J connectivity index is 1.85. The quantitative estimate of drug-likeness (QED) is 0.517. The van der Waals surface area contributed by atoms with E-state index in [1.54, 1.807) is 36.4 Å². The van der Waals surface area contributed by atoms with Crippen LogP contribution in [-0.4, -0.2) is 25.8 Å². The van der Waals surface area contributed by atoms with Gasteiger partial charge in [-0.05, 0) is 48.9 Å². The third-order valence-electron chi connectivity index (χ3n) is 3.22. The van der Waals surface area contributed by atoms with E-state index < -0.39 is 4.83 Å². The molecule has 0 radical (unpaired) electrons. The second-order valence-electron chi connectivity index (χ2n) is 5.15. The number of ether oxygens (including phenoxy) is 3. The zero-order valence-corrected chi connectivity index (χ0v) is 15.0. The Bertz CT molecular complexity index is 658. The maximum absolute atomic E-state index is 12.8. The van der Waals surface area contributed by atoms with Gasteiger partial charge in [0.15, 0.2) is 0 Å². The van der Waals surface area contributed by atoms with Crippen molar-refractivity contribution >= 4 is 21.9 Å². The SMILES string of the molecule is COC(=O)C(Br)c1ccc(OCC(C)Oc2ccc(F)cc2)cc1. The van der Waals surface area contributed by atoms with Crippen molar-refractivity contribution in [3.63, 3.8) is 0 Å². The second kappa shape index (κ2) is 8.68. The minimum Gasteiger partial charge on any atom is -0.490 e. The third kappa shape index (κ3) is 5.23. The summed E-state index contributed by atoms with van der Waals surface area (Å²) in [7, 11) is 1.34. The van der Waals surface area contributed by atoms with Crippen molar-refractivity contribution in [3.05, 3.63) is 59.9 Å². The first kappa shape index (κ1) is 18.3. The number of methoxy groups -OCH3 is 1. The van der Waals surface area contributed by atoms with Crippen molar-refractivity contribution < 1.29 is 23.4 Å². The molecule has 0 amide bonds. The maximum Gasteiger partial charge on any atom is 0.323 e. The van der Waals surface area contributed by atoms with E-state index in [0.29, 0.717) is 18.1 Å². The van der Waals surface area contributed by atoms with Crippen LogP contribution in [0.4, 0.5) is 4.39 Å². The van der Waals surface area contributed by atoms with Crippen LogP contribution in [0.15, 0.2) is 48.5 Å². The number of esters is 1. The number of hydrogen-bond donors (Lipinski definition) is 0. The number of rotatable bonds is 7. The molecule has 0 saturated heterocycles. The second-order valence-corrected chi connectivity index (χ2v) is 6.06. The van der Waals surface area contributed by atoms with E-state index in [1.807, 2.05) is 6.92 Å². The number of hydrogen-bond acceptors (Lipinski definition) is 4. The fraction of sp³-hybridized carbons (Fsp3) is 0.278. The lowest BCUT2D eigenvalue weighted by Gasteiger charge is -2.16. The van der Waals surface area contributed by atoms with Gasteiger partial charge in [-0.1, -0.05) is 28.1 Å². The van der Waals surface area contributed by atoms with Gasteiger partial charge in [0.1, 0.15) is 34.9 Å². The summed E-state index contributed by atoms with van der Waals surface area (Å²) < 4.78 is 28.8. The van der Waals surface area contributed by atoms with Crippen molar-refractivity contribution in [3.8, 4) is 11.5 Å². The van der Waals surface area contributed by atoms with E-state index in [0.717, 1.165) is 5.56 Å². The molecule has 0 aliphatic heterocycles. The molecule has 0 aliphatic carbocycles. The van der Waals surface area contributed by atoms with Crippen LogP contribution in [0.1, 0.15) is 17.3 Å². The minimum atomic E-state index is -0.503. The highest BCUT2D eigenvalue weighted by Crippen LogP contribution is 2.26. The fourth-order valence-electron chi connectivity index (χ4n) is 1.97. The van der Waals surface area contributed by atoms with Gasteiger partial charge in [0.05, 0.1) is 7.11 Å². The molecule has 2 aromatic rings. The highest BCUT2D eigenvalue weighted by molar-refractivity contribution is 9.09. The Morgan fingerprint density at radius 1 is 1.08 bits per heavy atom. The first-order valence-corrected chi connectivity index (χ1v) is 8.28. The summed E-state index contributed by atoms with van der Waals surface area (Å²) in [6.45, 7) is 2.20. The smallest absolute Gasteiger partial charge is 0.323 e. The van der Waals surface area contributed by atoms with Crippen molar-refractivity contribution in [2.75, 3.05) is 13.7 Å². The van der Waals surface area contributed by atoms with Crippen molar-refractivity contribution in [1.29, 1.82) is 0 Å². The van der Waals surface area contributed by atoms with E-state index in [1.165, 1.54) is 19.2 Å². The predicted molar refractivity (Wildman–Crippen MR) is 92.1 cm³/mol. The molecule has 2 atom stereocenters. The maximum atomic E-state index is 12.8. The Labute approximate surface area is 148 Å². The molecule has 0 aliphatic rings. The van der Waals surface area contributed by atoms with Crippen LogP contribution >= 0.6 is 15.9 Å². The summed E-state index contributed by atoms with van der Waals surface area (Å²) in [4.78, 5) is 11.0. The van der Waals surface area contributed by atoms with E-state index in [2.05, 4.69) is 20.7 Å². The van der Waals surface area contributed by atoms with Crippen LogP contribution in [0.3, 0.4) is 0 Å². The van der Waals surface area contributed by atoms with Gasteiger partial charge in [0, 0.05) is 0 Å². The summed E-state index contributed by atoms with van der Waals surface area (Å²) in [5.74, 6) is 0.592. The zero-order valence-electron chi connectivity index (χ0n) is 13.4. The van der Waals surface area contributed by atoms with E-state index in [9.17, 15) is 9.18 Å². The minimum absolute atomic E-state index is 0.200. The van der Waals surface area contributed by atoms with Gasteiger partial charge in [-0.25, -0.2) is 4.39 Å². The Hall–Kier alpha value is -2.08. The van der Waals surface area contributed by atoms with E-state index in [4.69, 9.17) is 9.47 Å². The number of halogens is 2. The summed E-state index contributed by atoms with van der Waals surface area (Å²) in [5, 5.41) is 0. The van der Waals surface area contributed by atoms with Gasteiger partial charge in [-0.3, -0.25) is 4.79 Å². The summed E-state index contributed by atoms with van der Waals surface area (Å²) in [5.41, 5.74) is 0.782. The average molecular weight is 397 g/mol. The molecule has 0 fully saturated rings. The highest BCUT2D eigenvalue weighted by Gasteiger charge is 2.17. The molecule has 24 heavy (non-hydrogen) atoms. The first-order valence-electron chi connectivity index (χ1n) is 7.36. The molecule has 4 nitrogen and oxygen atoms in total. The number of carbonyl (C=O) groups is 1. The first-order chi connectivity index (χ1) is 11.5. The standard InChI is InChI=1S/C18H18BrFO4/c1-12(24-16-9-5-14(20)6-10-16)11-23-15-7-3-13(4-8-15)17(19)18(21)22-2/h3-10,12,17H,11H2,1-2H3. The van der Waals surface area contributed by atoms with Gasteiger partial charge in [0.25, 0.3) is 0 Å². The molecule has 0 N–H and O–H groups in total. The van der Waals surface area contributed by atoms with Crippen LogP contribution in [0.25, 0.3) is 0 Å². The topological polar surface area (TPSA) is 44.8 Å². The van der Waals surface area contributed by atoms with Gasteiger partial charge in [-0.2, -0.15) is 0 Å². The molecule has 2 aromatic carbocycles. The lowest BCUT2D eigenvalue weighted by molar-refractivity contribution is -0.139. The average Bonchev–Trinajstić information content (AvgIpc) is 2.61. The van der Waals surface area contributed by atoms with Gasteiger partial charge >= 0.3 is 5.97 Å². The van der Waals surface area contributed by atoms with Crippen LogP contribution in [0.2, 0.25) is 0 Å². The van der Waals surface area contributed by atoms with Crippen molar-refractivity contribution in [2.45, 2.75) is 17.9 Å². The number of carbonyl (C=O) groups excluding carboxylic acids is 1. The molecule has 0 spiro atoms. The molecular formula is C18H18BrFO4. The van der Waals surface area contributed by atoms with Gasteiger partial charge in [-0.15, -0.1) is 0 Å². The monoisotopic (exact) mass is 396 g/mol. The molecule has 128 valence electrons. The lowest BCUT2D eigenvalue weighted by atomic mass is 10.1. The molecule has 6 heteroatoms. The lowest BCUT2D eigenvalue weighted by Crippen LogP contribution is -2.21. The summed E-state index contributed by atoms with van der Waals surface area (Å²) in [6, 6.07) is 13.0. The van der Waals surface area contributed by atoms with Crippen LogP contribution in [0.5, 0.6) is 11.5 Å². The van der Waals surface area contributed by atoms with Crippen LogP contribution < -0.4 is 9.47 Å². The highest BCUT2D eigenvalue weighted by atomic mass is 79.9. The number of benzene rings is 2. The number of alkyl halides is 1. The molecule has 0 aromatic heterocycles. The predicted octanol–water partition coefficient (Wildman–Crippen LogP) is 4.28. The Morgan fingerprint density at radius 2 is 1.67 bits per heavy atom. The Kier molecular flexibility index (Phi) is 6.61. The summed E-state index contributed by atoms with van der Waals surface area (Å²) >= 11 is 3.28. The molecule has 2 unspecified atom stereocenters. The van der Waals surface area contributed by atoms with Gasteiger partial charge < -0.3 is 14.2 Å². The molecule has 0 bridgehead atoms. The largest absolute Gasteiger partial charge is 0.490 e. The Morgan fingerprint density at radius 3 is 2.25 bits per heavy atom. The van der Waals surface area contributed by atoms with Crippen molar-refractivity contribution in [1.82, 2.24) is 0 Å². The zero-order chi connectivity index (χ0) is 17.5. The van der Waals surface area contributed by atoms with E-state index >= 15 is 0 Å². The van der Waals surface area contributed by atoms with Crippen LogP contribution in [-0.2, 0) is 9.53 Å². The van der Waals surface area contributed by atoms with Crippen molar-refractivity contribution in [2.24, 2.45) is 0 Å². The van der Waals surface area contributed by atoms with E-state index in [-0.39, 0.29) is 17.9 Å². The molecule has 2 rings (SSSR count). The molecular weight excluding hydrogens is 379 g/mol. The molecule has 0 heterocycles. The summed E-state index contributed by atoms with van der Waals surface area (Å²) in [6.07, 6.45) is -0.200.